The van der Waals surface area contributed by atoms with E-state index in [-0.39, 0.29) is 22.6 Å². The van der Waals surface area contributed by atoms with Crippen LogP contribution in [0.15, 0.2) is 34.9 Å². The van der Waals surface area contributed by atoms with Crippen LogP contribution in [-0.2, 0) is 0 Å². The highest BCUT2D eigenvalue weighted by Crippen LogP contribution is 2.31. The number of hydrogen-bond donors (Lipinski definition) is 2. The molecule has 38 heavy (non-hydrogen) atoms. The Kier molecular flexibility index (Phi) is 6.73. The molecule has 0 saturated carbocycles. The Morgan fingerprint density at radius 2 is 1.87 bits per heavy atom. The van der Waals surface area contributed by atoms with Gasteiger partial charge in [-0.15, -0.1) is 0 Å². The van der Waals surface area contributed by atoms with Crippen LogP contribution in [0, 0.1) is 25.2 Å². The molecule has 1 aliphatic rings. The van der Waals surface area contributed by atoms with Gasteiger partial charge >= 0.3 is 5.97 Å². The lowest BCUT2D eigenvalue weighted by molar-refractivity contribution is 0.0691. The summed E-state index contributed by atoms with van der Waals surface area (Å²) in [6.45, 7) is 8.36. The maximum Gasteiger partial charge on any atom is 0.356 e. The van der Waals surface area contributed by atoms with E-state index in [1.165, 1.54) is 6.07 Å². The fourth-order valence-electron chi connectivity index (χ4n) is 4.62. The van der Waals surface area contributed by atoms with Crippen molar-refractivity contribution < 1.29 is 14.4 Å². The van der Waals surface area contributed by atoms with Crippen molar-refractivity contribution in [1.29, 1.82) is 5.26 Å². The van der Waals surface area contributed by atoms with E-state index in [9.17, 15) is 15.2 Å². The summed E-state index contributed by atoms with van der Waals surface area (Å²) in [5.74, 6) is 0.886. The van der Waals surface area contributed by atoms with Gasteiger partial charge in [-0.1, -0.05) is 22.8 Å². The van der Waals surface area contributed by atoms with Crippen molar-refractivity contribution in [1.82, 2.24) is 20.1 Å². The monoisotopic (exact) mass is 532 g/mol. The van der Waals surface area contributed by atoms with Crippen molar-refractivity contribution in [2.75, 3.05) is 41.3 Å². The Bertz CT molecular complexity index is 1570. The molecular formula is C26H25ClN8O3. The largest absolute Gasteiger partial charge is 0.476 e. The van der Waals surface area contributed by atoms with Crippen LogP contribution in [0.3, 0.4) is 0 Å². The molecule has 3 aromatic heterocycles. The van der Waals surface area contributed by atoms with E-state index in [4.69, 9.17) is 21.1 Å². The quantitative estimate of drug-likeness (QED) is 0.342. The smallest absolute Gasteiger partial charge is 0.356 e. The lowest BCUT2D eigenvalue weighted by Gasteiger charge is -2.35. The fourth-order valence-corrected chi connectivity index (χ4v) is 4.77. The minimum absolute atomic E-state index is 0.0972. The van der Waals surface area contributed by atoms with Crippen molar-refractivity contribution in [3.8, 4) is 6.07 Å². The molecule has 4 aromatic rings. The van der Waals surface area contributed by atoms with Crippen molar-refractivity contribution in [2.24, 2.45) is 0 Å². The lowest BCUT2D eigenvalue weighted by atomic mass is 10.0. The molecule has 2 N–H and O–H groups in total. The summed E-state index contributed by atoms with van der Waals surface area (Å²) in [7, 11) is 0. The second kappa shape index (κ2) is 10.1. The normalized spacial score (nSPS) is 14.4. The highest BCUT2D eigenvalue weighted by Gasteiger charge is 2.25. The number of pyridine rings is 1. The summed E-state index contributed by atoms with van der Waals surface area (Å²) >= 11 is 5.92. The number of anilines is 3. The molecule has 1 aromatic carbocycles. The van der Waals surface area contributed by atoms with E-state index >= 15 is 0 Å². The third kappa shape index (κ3) is 4.90. The number of halogens is 1. The zero-order valence-electron chi connectivity index (χ0n) is 21.1. The molecule has 1 fully saturated rings. The molecule has 0 unspecified atom stereocenters. The summed E-state index contributed by atoms with van der Waals surface area (Å²) in [5.41, 5.74) is 3.43. The Hall–Kier alpha value is -4.43. The van der Waals surface area contributed by atoms with Crippen molar-refractivity contribution in [3.05, 3.63) is 63.8 Å². The fraction of sp³-hybridized carbons (Fsp3) is 0.308. The number of benzene rings is 1. The summed E-state index contributed by atoms with van der Waals surface area (Å²) in [6, 6.07) is 10.8. The number of aromatic carboxylic acids is 1. The number of nitrogens with one attached hydrogen (secondary N) is 1. The van der Waals surface area contributed by atoms with Crippen LogP contribution in [0.2, 0.25) is 5.15 Å². The zero-order chi connectivity index (χ0) is 27.0. The number of rotatable bonds is 6. The van der Waals surface area contributed by atoms with Gasteiger partial charge in [0.1, 0.15) is 17.0 Å². The maximum absolute atomic E-state index is 11.7. The average Bonchev–Trinajstić information content (AvgIpc) is 3.34. The van der Waals surface area contributed by atoms with Crippen molar-refractivity contribution in [2.45, 2.75) is 26.8 Å². The molecule has 0 amide bonds. The third-order valence-electron chi connectivity index (χ3n) is 6.45. The Morgan fingerprint density at radius 1 is 1.13 bits per heavy atom. The van der Waals surface area contributed by atoms with Crippen LogP contribution in [0.1, 0.15) is 46.0 Å². The van der Waals surface area contributed by atoms with Crippen molar-refractivity contribution in [3.63, 3.8) is 0 Å². The van der Waals surface area contributed by atoms with E-state index in [1.54, 1.807) is 6.07 Å². The SMILES string of the molecule is Cc1cc([C@@H](C)Nc2ccc(Cl)nc2C(=O)O)c2nc(N3CCN(c4cc(C)on4)CC3)c(C#N)nc2c1. The van der Waals surface area contributed by atoms with Crippen LogP contribution < -0.4 is 15.1 Å². The third-order valence-corrected chi connectivity index (χ3v) is 6.66. The molecule has 1 saturated heterocycles. The Balaban J connectivity index is 1.48. The molecule has 0 radical (unpaired) electrons. The molecular weight excluding hydrogens is 508 g/mol. The van der Waals surface area contributed by atoms with Gasteiger partial charge in [0.25, 0.3) is 0 Å². The van der Waals surface area contributed by atoms with Gasteiger partial charge < -0.3 is 24.7 Å². The first-order valence-corrected chi connectivity index (χ1v) is 12.4. The second-order valence-corrected chi connectivity index (χ2v) is 9.59. The molecule has 0 spiro atoms. The number of aryl methyl sites for hydroxylation is 2. The average molecular weight is 533 g/mol. The highest BCUT2D eigenvalue weighted by atomic mass is 35.5. The van der Waals surface area contributed by atoms with E-state index in [0.29, 0.717) is 48.7 Å². The molecule has 0 aliphatic carbocycles. The topological polar surface area (TPSA) is 144 Å². The number of carbonyl (C=O) groups is 1. The van der Waals surface area contributed by atoms with Gasteiger partial charge in [-0.25, -0.2) is 19.7 Å². The minimum atomic E-state index is -1.18. The van der Waals surface area contributed by atoms with Crippen LogP contribution >= 0.6 is 11.6 Å². The molecule has 4 heterocycles. The molecule has 1 atom stereocenters. The van der Waals surface area contributed by atoms with Gasteiger partial charge in [0.15, 0.2) is 23.0 Å². The molecule has 0 bridgehead atoms. The molecule has 12 heteroatoms. The van der Waals surface area contributed by atoms with Crippen LogP contribution in [0.25, 0.3) is 11.0 Å². The molecule has 5 rings (SSSR count). The zero-order valence-corrected chi connectivity index (χ0v) is 21.8. The molecule has 11 nitrogen and oxygen atoms in total. The van der Waals surface area contributed by atoms with Crippen LogP contribution in [0.5, 0.6) is 0 Å². The number of hydrogen-bond acceptors (Lipinski definition) is 10. The number of aromatic nitrogens is 4. The number of fused-ring (bicyclic) bond motifs is 1. The molecule has 194 valence electrons. The van der Waals surface area contributed by atoms with E-state index in [0.717, 1.165) is 22.7 Å². The predicted octanol–water partition coefficient (Wildman–Crippen LogP) is 4.35. The highest BCUT2D eigenvalue weighted by molar-refractivity contribution is 6.29. The van der Waals surface area contributed by atoms with Gasteiger partial charge in [-0.2, -0.15) is 5.26 Å². The number of nitriles is 1. The summed E-state index contributed by atoms with van der Waals surface area (Å²) < 4.78 is 5.21. The first-order valence-electron chi connectivity index (χ1n) is 12.1. The first-order chi connectivity index (χ1) is 18.2. The number of carboxylic acids is 1. The standard InChI is InChI=1S/C26H25ClN8O3/c1-14-10-17(16(3)29-18-4-5-21(27)31-24(18)26(36)37)23-19(11-14)30-20(13-28)25(32-23)35-8-6-34(7-9-35)22-12-15(2)38-33-22/h4-5,10-12,16,29H,6-9H2,1-3H3,(H,36,37)/t16-/m1/s1. The Morgan fingerprint density at radius 3 is 2.53 bits per heavy atom. The summed E-state index contributed by atoms with van der Waals surface area (Å²) in [5, 5.41) is 26.9. The van der Waals surface area contributed by atoms with Gasteiger partial charge in [0, 0.05) is 37.8 Å². The number of piperazine rings is 1. The van der Waals surface area contributed by atoms with Crippen LogP contribution in [-0.4, -0.2) is 57.4 Å². The second-order valence-electron chi connectivity index (χ2n) is 9.20. The first kappa shape index (κ1) is 25.2. The van der Waals surface area contributed by atoms with Gasteiger partial charge in [0.05, 0.1) is 22.8 Å². The van der Waals surface area contributed by atoms with Crippen LogP contribution in [0.4, 0.5) is 17.3 Å². The summed E-state index contributed by atoms with van der Waals surface area (Å²) in [4.78, 5) is 29.5. The van der Waals surface area contributed by atoms with Gasteiger partial charge in [-0.3, -0.25) is 0 Å². The van der Waals surface area contributed by atoms with E-state index < -0.39 is 5.97 Å². The van der Waals surface area contributed by atoms with Gasteiger partial charge in [0.2, 0.25) is 0 Å². The number of nitrogens with zero attached hydrogens (tertiary/aromatic N) is 7. The van der Waals surface area contributed by atoms with E-state index in [2.05, 4.69) is 36.3 Å². The summed E-state index contributed by atoms with van der Waals surface area (Å²) in [6.07, 6.45) is 0. The van der Waals surface area contributed by atoms with Crippen molar-refractivity contribution >= 4 is 45.9 Å². The predicted molar refractivity (Wildman–Crippen MR) is 143 cm³/mol. The minimum Gasteiger partial charge on any atom is -0.476 e. The van der Waals surface area contributed by atoms with Gasteiger partial charge in [-0.05, 0) is 44.5 Å². The molecule has 1 aliphatic heterocycles. The maximum atomic E-state index is 11.7. The van der Waals surface area contributed by atoms with E-state index in [1.807, 2.05) is 39.0 Å². The number of carboxylic acid groups (broad SMARTS) is 1. The lowest BCUT2D eigenvalue weighted by Crippen LogP contribution is -2.47. The Labute approximate surface area is 223 Å².